The quantitative estimate of drug-likeness (QED) is 0.731. The molecular formula is C19H20FN5OS. The number of benzene rings is 1. The lowest BCUT2D eigenvalue weighted by Gasteiger charge is -2.35. The molecule has 1 aliphatic heterocycles. The Bertz CT molecular complexity index is 939. The lowest BCUT2D eigenvalue weighted by molar-refractivity contribution is 0.0943. The van der Waals surface area contributed by atoms with Crippen molar-refractivity contribution in [2.45, 2.75) is 0 Å². The number of nitrogens with zero attached hydrogens (tertiary/aromatic N) is 4. The highest BCUT2D eigenvalue weighted by atomic mass is 32.1. The average molecular weight is 385 g/mol. The topological polar surface area (TPSA) is 61.4 Å². The molecule has 1 amide bonds. The Hall–Kier alpha value is -2.58. The van der Waals surface area contributed by atoms with Gasteiger partial charge >= 0.3 is 0 Å². The summed E-state index contributed by atoms with van der Waals surface area (Å²) in [6, 6.07) is 8.10. The summed E-state index contributed by atoms with van der Waals surface area (Å²) >= 11 is 1.62. The third kappa shape index (κ3) is 3.91. The molecule has 0 saturated carbocycles. The van der Waals surface area contributed by atoms with Crippen molar-refractivity contribution in [1.82, 2.24) is 20.2 Å². The smallest absolute Gasteiger partial charge is 0.254 e. The van der Waals surface area contributed by atoms with E-state index in [1.807, 2.05) is 5.38 Å². The molecule has 1 aliphatic rings. The number of carbonyl (C=O) groups excluding carboxylic acids is 1. The molecular weight excluding hydrogens is 365 g/mol. The third-order valence-electron chi connectivity index (χ3n) is 4.74. The van der Waals surface area contributed by atoms with Crippen LogP contribution < -0.4 is 10.2 Å². The molecule has 140 valence electrons. The largest absolute Gasteiger partial charge is 0.353 e. The van der Waals surface area contributed by atoms with Crippen molar-refractivity contribution >= 4 is 33.3 Å². The van der Waals surface area contributed by atoms with Gasteiger partial charge in [0, 0.05) is 39.3 Å². The van der Waals surface area contributed by atoms with E-state index in [1.54, 1.807) is 29.8 Å². The fraction of sp³-hybridized carbons (Fsp3) is 0.316. The summed E-state index contributed by atoms with van der Waals surface area (Å²) in [6.45, 7) is 4.78. The fourth-order valence-electron chi connectivity index (χ4n) is 3.28. The maximum atomic E-state index is 13.6. The number of fused-ring (bicyclic) bond motifs is 1. The minimum Gasteiger partial charge on any atom is -0.353 e. The van der Waals surface area contributed by atoms with Gasteiger partial charge in [-0.2, -0.15) is 0 Å². The van der Waals surface area contributed by atoms with Gasteiger partial charge in [0.05, 0.1) is 10.9 Å². The molecule has 3 aromatic rings. The van der Waals surface area contributed by atoms with E-state index in [4.69, 9.17) is 0 Å². The second-order valence-corrected chi connectivity index (χ2v) is 7.30. The Balaban J connectivity index is 1.27. The zero-order valence-electron chi connectivity index (χ0n) is 14.8. The number of anilines is 1. The van der Waals surface area contributed by atoms with Crippen LogP contribution in [0.1, 0.15) is 10.4 Å². The second-order valence-electron chi connectivity index (χ2n) is 6.40. The first-order chi connectivity index (χ1) is 13.2. The molecule has 1 fully saturated rings. The highest BCUT2D eigenvalue weighted by Crippen LogP contribution is 2.27. The Labute approximate surface area is 160 Å². The molecule has 0 radical (unpaired) electrons. The van der Waals surface area contributed by atoms with Crippen molar-refractivity contribution in [3.8, 4) is 0 Å². The SMILES string of the molecule is O=C(NCCN1CCN(c2ncnc3sccc23)CC1)c1ccccc1F. The molecule has 1 aromatic carbocycles. The first kappa shape index (κ1) is 17.8. The van der Waals surface area contributed by atoms with E-state index in [0.717, 1.165) is 48.8 Å². The van der Waals surface area contributed by atoms with E-state index in [9.17, 15) is 9.18 Å². The number of nitrogens with one attached hydrogen (secondary N) is 1. The molecule has 0 aliphatic carbocycles. The van der Waals surface area contributed by atoms with Crippen molar-refractivity contribution in [3.05, 3.63) is 53.4 Å². The molecule has 27 heavy (non-hydrogen) atoms. The predicted molar refractivity (Wildman–Crippen MR) is 105 cm³/mol. The molecule has 8 heteroatoms. The highest BCUT2D eigenvalue weighted by Gasteiger charge is 2.20. The average Bonchev–Trinajstić information content (AvgIpc) is 3.18. The molecule has 0 spiro atoms. The van der Waals surface area contributed by atoms with Crippen molar-refractivity contribution in [2.24, 2.45) is 0 Å². The molecule has 1 N–H and O–H groups in total. The van der Waals surface area contributed by atoms with Gasteiger partial charge < -0.3 is 10.2 Å². The second kappa shape index (κ2) is 7.98. The van der Waals surface area contributed by atoms with Crippen LogP contribution in [0.2, 0.25) is 0 Å². The maximum absolute atomic E-state index is 13.6. The van der Waals surface area contributed by atoms with Crippen molar-refractivity contribution < 1.29 is 9.18 Å². The molecule has 2 aromatic heterocycles. The van der Waals surface area contributed by atoms with Crippen LogP contribution in [0.25, 0.3) is 10.2 Å². The Morgan fingerprint density at radius 1 is 1.15 bits per heavy atom. The third-order valence-corrected chi connectivity index (χ3v) is 5.57. The van der Waals surface area contributed by atoms with Gasteiger partial charge in [0.25, 0.3) is 5.91 Å². The number of rotatable bonds is 5. The fourth-order valence-corrected chi connectivity index (χ4v) is 4.01. The van der Waals surface area contributed by atoms with Crippen LogP contribution in [0.15, 0.2) is 42.0 Å². The Kier molecular flexibility index (Phi) is 5.26. The molecule has 0 bridgehead atoms. The van der Waals surface area contributed by atoms with E-state index in [1.165, 1.54) is 12.1 Å². The molecule has 0 unspecified atom stereocenters. The normalized spacial score (nSPS) is 15.2. The van der Waals surface area contributed by atoms with Crippen LogP contribution in [0.4, 0.5) is 10.2 Å². The summed E-state index contributed by atoms with van der Waals surface area (Å²) in [5.41, 5.74) is 0.0888. The van der Waals surface area contributed by atoms with Crippen molar-refractivity contribution in [2.75, 3.05) is 44.2 Å². The molecule has 4 rings (SSSR count). The van der Waals surface area contributed by atoms with Gasteiger partial charge in [-0.3, -0.25) is 9.69 Å². The summed E-state index contributed by atoms with van der Waals surface area (Å²) < 4.78 is 13.6. The first-order valence-electron chi connectivity index (χ1n) is 8.90. The lowest BCUT2D eigenvalue weighted by Crippen LogP contribution is -2.48. The van der Waals surface area contributed by atoms with Crippen molar-refractivity contribution in [1.29, 1.82) is 0 Å². The van der Waals surface area contributed by atoms with Gasteiger partial charge in [-0.05, 0) is 23.6 Å². The van der Waals surface area contributed by atoms with Crippen LogP contribution in [-0.2, 0) is 0 Å². The summed E-state index contributed by atoms with van der Waals surface area (Å²) in [7, 11) is 0. The summed E-state index contributed by atoms with van der Waals surface area (Å²) in [5.74, 6) is 0.134. The number of piperazine rings is 1. The van der Waals surface area contributed by atoms with Gasteiger partial charge in [-0.25, -0.2) is 14.4 Å². The van der Waals surface area contributed by atoms with Crippen LogP contribution in [-0.4, -0.2) is 60.0 Å². The number of amides is 1. The van der Waals surface area contributed by atoms with Gasteiger partial charge in [0.15, 0.2) is 0 Å². The maximum Gasteiger partial charge on any atom is 0.254 e. The minimum absolute atomic E-state index is 0.0888. The number of carbonyl (C=O) groups is 1. The van der Waals surface area contributed by atoms with E-state index in [-0.39, 0.29) is 11.5 Å². The van der Waals surface area contributed by atoms with Crippen LogP contribution in [0.3, 0.4) is 0 Å². The van der Waals surface area contributed by atoms with Gasteiger partial charge in [0.1, 0.15) is 22.8 Å². The molecule has 3 heterocycles. The van der Waals surface area contributed by atoms with Crippen LogP contribution in [0, 0.1) is 5.82 Å². The van der Waals surface area contributed by atoms with E-state index < -0.39 is 5.82 Å². The number of halogens is 1. The van der Waals surface area contributed by atoms with Gasteiger partial charge in [-0.15, -0.1) is 11.3 Å². The van der Waals surface area contributed by atoms with E-state index >= 15 is 0 Å². The zero-order valence-corrected chi connectivity index (χ0v) is 15.6. The summed E-state index contributed by atoms with van der Waals surface area (Å²) in [6.07, 6.45) is 1.62. The lowest BCUT2D eigenvalue weighted by atomic mass is 10.2. The first-order valence-corrected chi connectivity index (χ1v) is 9.78. The van der Waals surface area contributed by atoms with Crippen LogP contribution >= 0.6 is 11.3 Å². The minimum atomic E-state index is -0.492. The van der Waals surface area contributed by atoms with Gasteiger partial charge in [0.2, 0.25) is 0 Å². The summed E-state index contributed by atoms with van der Waals surface area (Å²) in [4.78, 5) is 26.4. The summed E-state index contributed by atoms with van der Waals surface area (Å²) in [5, 5.41) is 5.94. The number of aromatic nitrogens is 2. The van der Waals surface area contributed by atoms with Crippen molar-refractivity contribution in [3.63, 3.8) is 0 Å². The number of hydrogen-bond donors (Lipinski definition) is 1. The Morgan fingerprint density at radius 3 is 2.78 bits per heavy atom. The van der Waals surface area contributed by atoms with E-state index in [0.29, 0.717) is 6.54 Å². The predicted octanol–water partition coefficient (Wildman–Crippen LogP) is 2.38. The molecule has 6 nitrogen and oxygen atoms in total. The highest BCUT2D eigenvalue weighted by molar-refractivity contribution is 7.16. The number of thiophene rings is 1. The van der Waals surface area contributed by atoms with Gasteiger partial charge in [-0.1, -0.05) is 12.1 Å². The van der Waals surface area contributed by atoms with E-state index in [2.05, 4.69) is 31.2 Å². The standard InChI is InChI=1S/C19H20FN5OS/c20-16-4-2-1-3-14(16)18(26)21-6-7-24-8-10-25(11-9-24)17-15-5-12-27-19(15)23-13-22-17/h1-5,12-13H,6-11H2,(H,21,26). The monoisotopic (exact) mass is 385 g/mol. The molecule has 0 atom stereocenters. The Morgan fingerprint density at radius 2 is 1.96 bits per heavy atom. The number of hydrogen-bond acceptors (Lipinski definition) is 6. The zero-order chi connectivity index (χ0) is 18.6. The molecule has 1 saturated heterocycles. The van der Waals surface area contributed by atoms with Crippen LogP contribution in [0.5, 0.6) is 0 Å².